The molecule has 0 amide bonds. The zero-order valence-corrected chi connectivity index (χ0v) is 7.70. The number of hydrogen-bond acceptors (Lipinski definition) is 2. The molecule has 0 saturated carbocycles. The molecule has 1 aromatic rings. The Hall–Kier alpha value is -1.11. The van der Waals surface area contributed by atoms with Crippen LogP contribution in [0.1, 0.15) is 17.6 Å². The van der Waals surface area contributed by atoms with Crippen molar-refractivity contribution in [3.05, 3.63) is 22.3 Å². The molecule has 8 heteroatoms. The molecular weight excluding hydrogens is 243 g/mol. The molecule has 0 atom stereocenters. The molecule has 0 aliphatic carbocycles. The third kappa shape index (κ3) is 2.28. The van der Waals surface area contributed by atoms with Crippen LogP contribution in [0.2, 0.25) is 5.02 Å². The van der Waals surface area contributed by atoms with Gasteiger partial charge in [0.2, 0.25) is 0 Å². The number of halogens is 6. The highest BCUT2D eigenvalue weighted by molar-refractivity contribution is 6.33. The van der Waals surface area contributed by atoms with Crippen LogP contribution in [0.5, 0.6) is 0 Å². The molecule has 0 aliphatic rings. The number of pyridine rings is 1. The Labute approximate surface area is 85.9 Å². The highest BCUT2D eigenvalue weighted by atomic mass is 35.5. The Morgan fingerprint density at radius 1 is 1.33 bits per heavy atom. The van der Waals surface area contributed by atoms with Crippen molar-refractivity contribution < 1.29 is 22.0 Å². The van der Waals surface area contributed by atoms with Gasteiger partial charge in [-0.2, -0.15) is 13.2 Å². The summed E-state index contributed by atoms with van der Waals surface area (Å²) in [6.45, 7) is 0. The number of nitrogens with zero attached hydrogens (tertiary/aromatic N) is 1. The molecule has 0 bridgehead atoms. The van der Waals surface area contributed by atoms with E-state index in [1.807, 2.05) is 0 Å². The van der Waals surface area contributed by atoms with Crippen LogP contribution >= 0.6 is 11.6 Å². The van der Waals surface area contributed by atoms with Crippen LogP contribution in [-0.2, 0) is 6.18 Å². The molecule has 0 fully saturated rings. The standard InChI is InChI=1S/C7H4ClF5N2/c8-4-3(7(11,12)13)2(5(9)10)1-15-6(4)14/h1,5H,(H2,14,15). The molecule has 0 unspecified atom stereocenters. The lowest BCUT2D eigenvalue weighted by Gasteiger charge is -2.14. The van der Waals surface area contributed by atoms with E-state index in [0.717, 1.165) is 0 Å². The van der Waals surface area contributed by atoms with E-state index in [0.29, 0.717) is 6.20 Å². The number of alkyl halides is 5. The average Bonchev–Trinajstić information content (AvgIpc) is 2.06. The van der Waals surface area contributed by atoms with Crippen molar-refractivity contribution in [2.75, 3.05) is 5.73 Å². The Morgan fingerprint density at radius 3 is 2.27 bits per heavy atom. The van der Waals surface area contributed by atoms with Gasteiger partial charge < -0.3 is 5.73 Å². The van der Waals surface area contributed by atoms with Gasteiger partial charge in [0, 0.05) is 11.8 Å². The molecule has 0 aliphatic heterocycles. The number of hydrogen-bond donors (Lipinski definition) is 1. The number of aromatic nitrogens is 1. The van der Waals surface area contributed by atoms with Gasteiger partial charge in [0.25, 0.3) is 6.43 Å². The van der Waals surface area contributed by atoms with E-state index in [2.05, 4.69) is 4.98 Å². The zero-order valence-electron chi connectivity index (χ0n) is 6.95. The topological polar surface area (TPSA) is 38.9 Å². The van der Waals surface area contributed by atoms with Crippen LogP contribution in [0.25, 0.3) is 0 Å². The van der Waals surface area contributed by atoms with Gasteiger partial charge in [-0.25, -0.2) is 13.8 Å². The first-order chi connectivity index (χ1) is 6.75. The number of nitrogens with two attached hydrogens (primary N) is 1. The summed E-state index contributed by atoms with van der Waals surface area (Å²) in [5.74, 6) is -0.631. The highest BCUT2D eigenvalue weighted by Crippen LogP contribution is 2.41. The molecule has 2 N–H and O–H groups in total. The second-order valence-electron chi connectivity index (χ2n) is 2.59. The smallest absolute Gasteiger partial charge is 0.382 e. The Kier molecular flexibility index (Phi) is 3.03. The van der Waals surface area contributed by atoms with Gasteiger partial charge in [-0.05, 0) is 0 Å². The van der Waals surface area contributed by atoms with Crippen molar-refractivity contribution in [3.63, 3.8) is 0 Å². The molecule has 0 spiro atoms. The molecule has 2 nitrogen and oxygen atoms in total. The maximum Gasteiger partial charge on any atom is 0.418 e. The summed E-state index contributed by atoms with van der Waals surface area (Å²) in [6.07, 6.45) is -7.93. The summed E-state index contributed by atoms with van der Waals surface area (Å²) in [5, 5.41) is -1.000. The largest absolute Gasteiger partial charge is 0.418 e. The minimum atomic E-state index is -4.99. The van der Waals surface area contributed by atoms with E-state index in [1.54, 1.807) is 0 Å². The van der Waals surface area contributed by atoms with Gasteiger partial charge in [-0.15, -0.1) is 0 Å². The van der Waals surface area contributed by atoms with Crippen LogP contribution < -0.4 is 5.73 Å². The van der Waals surface area contributed by atoms with Gasteiger partial charge in [0.05, 0.1) is 10.6 Å². The molecule has 1 heterocycles. The third-order valence-corrected chi connectivity index (χ3v) is 1.98. The quantitative estimate of drug-likeness (QED) is 0.773. The fourth-order valence-electron chi connectivity index (χ4n) is 0.969. The van der Waals surface area contributed by atoms with E-state index >= 15 is 0 Å². The van der Waals surface area contributed by atoms with E-state index in [9.17, 15) is 22.0 Å². The number of anilines is 1. The predicted octanol–water partition coefficient (Wildman–Crippen LogP) is 3.27. The van der Waals surface area contributed by atoms with E-state index in [4.69, 9.17) is 17.3 Å². The number of nitrogen functional groups attached to an aromatic ring is 1. The maximum absolute atomic E-state index is 12.3. The SMILES string of the molecule is Nc1ncc(C(F)F)c(C(F)(F)F)c1Cl. The normalized spacial score (nSPS) is 12.2. The fourth-order valence-corrected chi connectivity index (χ4v) is 1.23. The average molecular weight is 247 g/mol. The highest BCUT2D eigenvalue weighted by Gasteiger charge is 2.39. The van der Waals surface area contributed by atoms with Crippen molar-refractivity contribution in [2.45, 2.75) is 12.6 Å². The molecule has 84 valence electrons. The maximum atomic E-state index is 12.3. The number of rotatable bonds is 1. The molecule has 1 rings (SSSR count). The minimum absolute atomic E-state index is 0.370. The van der Waals surface area contributed by atoms with Gasteiger partial charge >= 0.3 is 6.18 Å². The van der Waals surface area contributed by atoms with Crippen molar-refractivity contribution >= 4 is 17.4 Å². The lowest BCUT2D eigenvalue weighted by atomic mass is 10.1. The Morgan fingerprint density at radius 2 is 1.87 bits per heavy atom. The molecular formula is C7H4ClF5N2. The van der Waals surface area contributed by atoms with Crippen LogP contribution in [0.15, 0.2) is 6.20 Å². The molecule has 1 aromatic heterocycles. The second-order valence-corrected chi connectivity index (χ2v) is 2.96. The Balaban J connectivity index is 3.49. The zero-order chi connectivity index (χ0) is 11.8. The van der Waals surface area contributed by atoms with Crippen molar-refractivity contribution in [3.8, 4) is 0 Å². The van der Waals surface area contributed by atoms with Crippen molar-refractivity contribution in [1.29, 1.82) is 0 Å². The lowest BCUT2D eigenvalue weighted by molar-refractivity contribution is -0.139. The minimum Gasteiger partial charge on any atom is -0.382 e. The van der Waals surface area contributed by atoms with Crippen molar-refractivity contribution in [1.82, 2.24) is 4.98 Å². The Bertz CT molecular complexity index is 376. The first kappa shape index (κ1) is 12.0. The van der Waals surface area contributed by atoms with E-state index in [-0.39, 0.29) is 0 Å². The van der Waals surface area contributed by atoms with Crippen LogP contribution in [-0.4, -0.2) is 4.98 Å². The first-order valence-electron chi connectivity index (χ1n) is 3.54. The van der Waals surface area contributed by atoms with E-state index in [1.165, 1.54) is 0 Å². The monoisotopic (exact) mass is 246 g/mol. The van der Waals surface area contributed by atoms with Crippen LogP contribution in [0.3, 0.4) is 0 Å². The van der Waals surface area contributed by atoms with Crippen LogP contribution in [0, 0.1) is 0 Å². The van der Waals surface area contributed by atoms with E-state index < -0.39 is 34.6 Å². The summed E-state index contributed by atoms with van der Waals surface area (Å²) in [5.41, 5.74) is 2.09. The van der Waals surface area contributed by atoms with Crippen molar-refractivity contribution in [2.24, 2.45) is 0 Å². The third-order valence-electron chi connectivity index (χ3n) is 1.59. The second kappa shape index (κ2) is 3.80. The lowest BCUT2D eigenvalue weighted by Crippen LogP contribution is -2.12. The van der Waals surface area contributed by atoms with Gasteiger partial charge in [0.15, 0.2) is 0 Å². The van der Waals surface area contributed by atoms with Gasteiger partial charge in [-0.3, -0.25) is 0 Å². The molecule has 15 heavy (non-hydrogen) atoms. The summed E-state index contributed by atoms with van der Waals surface area (Å²) < 4.78 is 61.5. The molecule has 0 radical (unpaired) electrons. The van der Waals surface area contributed by atoms with Gasteiger partial charge in [-0.1, -0.05) is 11.6 Å². The summed E-state index contributed by atoms with van der Waals surface area (Å²) in [6, 6.07) is 0. The summed E-state index contributed by atoms with van der Waals surface area (Å²) in [4.78, 5) is 3.14. The van der Waals surface area contributed by atoms with Gasteiger partial charge in [0.1, 0.15) is 5.82 Å². The first-order valence-corrected chi connectivity index (χ1v) is 3.92. The van der Waals surface area contributed by atoms with Crippen LogP contribution in [0.4, 0.5) is 27.8 Å². The summed E-state index contributed by atoms with van der Waals surface area (Å²) >= 11 is 5.19. The molecule has 0 aromatic carbocycles. The summed E-state index contributed by atoms with van der Waals surface area (Å²) in [7, 11) is 0. The fraction of sp³-hybridized carbons (Fsp3) is 0.286. The molecule has 0 saturated heterocycles. The predicted molar refractivity (Wildman–Crippen MR) is 43.6 cm³/mol.